The molecule has 1 aromatic carbocycles. The van der Waals surface area contributed by atoms with Gasteiger partial charge in [-0.25, -0.2) is 0 Å². The van der Waals surface area contributed by atoms with Crippen molar-refractivity contribution in [3.05, 3.63) is 98.1 Å². The van der Waals surface area contributed by atoms with Gasteiger partial charge in [0.1, 0.15) is 0 Å². The van der Waals surface area contributed by atoms with E-state index in [2.05, 4.69) is 86.6 Å². The summed E-state index contributed by atoms with van der Waals surface area (Å²) in [6.07, 6.45) is 12.4. The van der Waals surface area contributed by atoms with Gasteiger partial charge in [-0.1, -0.05) is 13.8 Å². The van der Waals surface area contributed by atoms with Crippen LogP contribution in [0.1, 0.15) is 78.4 Å². The SMILES string of the molecule is CCC1=C(C)C2=NC1=CC1=NC(=CC3=NC(=CC4=NC(=C2)C(CC)=C4CC)C(C)=C3CC)c2ccc3c(c21)N[Se]N3. The van der Waals surface area contributed by atoms with Crippen LogP contribution in [-0.4, -0.2) is 38.2 Å². The van der Waals surface area contributed by atoms with Crippen molar-refractivity contribution < 1.29 is 0 Å². The number of benzene rings is 1. The van der Waals surface area contributed by atoms with Gasteiger partial charge in [-0.05, 0) is 6.42 Å². The van der Waals surface area contributed by atoms with Crippen LogP contribution in [0.25, 0.3) is 5.70 Å². The van der Waals surface area contributed by atoms with E-state index in [9.17, 15) is 0 Å². The van der Waals surface area contributed by atoms with Crippen molar-refractivity contribution in [2.75, 3.05) is 8.67 Å². The topological polar surface area (TPSA) is 73.5 Å². The van der Waals surface area contributed by atoms with Crippen LogP contribution in [0.3, 0.4) is 0 Å². The van der Waals surface area contributed by atoms with Crippen LogP contribution in [0.2, 0.25) is 0 Å². The second-order valence-corrected chi connectivity index (χ2v) is 12.2. The van der Waals surface area contributed by atoms with Crippen molar-refractivity contribution in [1.82, 2.24) is 0 Å². The number of anilines is 2. The predicted molar refractivity (Wildman–Crippen MR) is 174 cm³/mol. The van der Waals surface area contributed by atoms with Crippen LogP contribution in [-0.2, 0) is 0 Å². The summed E-state index contributed by atoms with van der Waals surface area (Å²) < 4.78 is 7.13. The number of fused-ring (bicyclic) bond motifs is 9. The molecule has 41 heavy (non-hydrogen) atoms. The minimum atomic E-state index is 0.125. The first kappa shape index (κ1) is 26.1. The fraction of sp³-hybridized carbons (Fsp3) is 0.294. The molecular formula is C34H34N6Se. The fourth-order valence-corrected chi connectivity index (χ4v) is 8.01. The van der Waals surface area contributed by atoms with E-state index in [1.807, 2.05) is 0 Å². The minimum absolute atomic E-state index is 0.125. The van der Waals surface area contributed by atoms with E-state index >= 15 is 0 Å². The van der Waals surface area contributed by atoms with E-state index in [4.69, 9.17) is 20.0 Å². The number of hydrogen-bond donors (Lipinski definition) is 2. The first-order valence-electron chi connectivity index (χ1n) is 14.7. The number of aliphatic imine (C=N–C) groups is 4. The summed E-state index contributed by atoms with van der Waals surface area (Å²) in [4.78, 5) is 20.9. The third-order valence-electron chi connectivity index (χ3n) is 8.80. The van der Waals surface area contributed by atoms with Gasteiger partial charge < -0.3 is 0 Å². The first-order chi connectivity index (χ1) is 19.9. The Morgan fingerprint density at radius 1 is 0.561 bits per heavy atom. The molecule has 0 fully saturated rings. The van der Waals surface area contributed by atoms with Crippen molar-refractivity contribution >= 4 is 55.3 Å². The first-order valence-corrected chi connectivity index (χ1v) is 16.4. The molecule has 0 unspecified atom stereocenters. The number of nitrogens with one attached hydrogen (secondary N) is 2. The quantitative estimate of drug-likeness (QED) is 0.344. The van der Waals surface area contributed by atoms with Gasteiger partial charge in [-0.3, -0.25) is 0 Å². The zero-order chi connectivity index (χ0) is 28.4. The number of hydrogen-bond acceptors (Lipinski definition) is 6. The third kappa shape index (κ3) is 3.98. The molecule has 0 radical (unpaired) electrons. The van der Waals surface area contributed by atoms with Crippen LogP contribution in [0.4, 0.5) is 11.4 Å². The van der Waals surface area contributed by atoms with E-state index in [0.717, 1.165) is 93.8 Å². The van der Waals surface area contributed by atoms with E-state index in [0.29, 0.717) is 0 Å². The Labute approximate surface area is 248 Å². The summed E-state index contributed by atoms with van der Waals surface area (Å²) in [6, 6.07) is 4.36. The molecule has 6 aliphatic heterocycles. The molecule has 8 bridgehead atoms. The molecule has 206 valence electrons. The van der Waals surface area contributed by atoms with Gasteiger partial charge >= 0.3 is 229 Å². The Kier molecular flexibility index (Phi) is 6.33. The molecule has 6 heterocycles. The molecule has 0 aliphatic carbocycles. The number of nitrogens with zero attached hydrogens (tertiary/aromatic N) is 4. The summed E-state index contributed by atoms with van der Waals surface area (Å²) in [5.74, 6) is 0. The van der Waals surface area contributed by atoms with Gasteiger partial charge in [-0.2, -0.15) is 0 Å². The summed E-state index contributed by atoms with van der Waals surface area (Å²) in [7, 11) is 0. The molecule has 0 aromatic heterocycles. The maximum atomic E-state index is 5.26. The molecule has 6 nitrogen and oxygen atoms in total. The molecule has 6 aliphatic rings. The van der Waals surface area contributed by atoms with Crippen LogP contribution >= 0.6 is 0 Å². The van der Waals surface area contributed by atoms with E-state index < -0.39 is 0 Å². The van der Waals surface area contributed by atoms with E-state index in [1.165, 1.54) is 33.4 Å². The zero-order valence-corrected chi connectivity index (χ0v) is 26.2. The standard InChI is InChI=1S/C34H34N6Se/c1-7-19-17(5)25-13-29-21(9-3)22(10-4)30(37-29)14-26-18(6)20(8-2)28(36-26)16-32-33-23(31(38-32)15-27(19)35-25)11-12-24-34(33)40-41-39-24/h11-16,39-40H,7-10H2,1-6H3. The Balaban J connectivity index is 1.53. The number of rotatable bonds is 4. The van der Waals surface area contributed by atoms with Gasteiger partial charge in [-0.15, -0.1) is 0 Å². The second-order valence-electron chi connectivity index (χ2n) is 10.9. The van der Waals surface area contributed by atoms with Crippen molar-refractivity contribution in [2.45, 2.75) is 67.2 Å². The van der Waals surface area contributed by atoms with E-state index in [1.54, 1.807) is 0 Å². The fourth-order valence-electron chi connectivity index (χ4n) is 6.65. The Morgan fingerprint density at radius 2 is 1.15 bits per heavy atom. The van der Waals surface area contributed by atoms with E-state index in [-0.39, 0.29) is 15.4 Å². The van der Waals surface area contributed by atoms with Gasteiger partial charge in [0.25, 0.3) is 0 Å². The molecule has 7 heteroatoms. The zero-order valence-electron chi connectivity index (χ0n) is 24.5. The maximum absolute atomic E-state index is 5.26. The van der Waals surface area contributed by atoms with Gasteiger partial charge in [0.05, 0.1) is 0 Å². The normalized spacial score (nSPS) is 20.5. The van der Waals surface area contributed by atoms with Crippen molar-refractivity contribution in [3.63, 3.8) is 0 Å². The van der Waals surface area contributed by atoms with Gasteiger partial charge in [0, 0.05) is 0 Å². The average Bonchev–Trinajstić information content (AvgIpc) is 3.76. The Bertz CT molecular complexity index is 1800. The van der Waals surface area contributed by atoms with Gasteiger partial charge in [0.2, 0.25) is 0 Å². The summed E-state index contributed by atoms with van der Waals surface area (Å²) in [6.45, 7) is 13.3. The number of allylic oxidation sites excluding steroid dienone is 10. The summed E-state index contributed by atoms with van der Waals surface area (Å²) in [5.41, 5.74) is 20.1. The predicted octanol–water partition coefficient (Wildman–Crippen LogP) is 7.80. The molecule has 7 rings (SSSR count). The van der Waals surface area contributed by atoms with Crippen molar-refractivity contribution in [1.29, 1.82) is 0 Å². The molecule has 0 atom stereocenters. The molecule has 1 aromatic rings. The second kappa shape index (κ2) is 9.93. The molecule has 0 spiro atoms. The van der Waals surface area contributed by atoms with Crippen LogP contribution < -0.4 is 8.67 Å². The van der Waals surface area contributed by atoms with Crippen molar-refractivity contribution in [2.24, 2.45) is 20.0 Å². The van der Waals surface area contributed by atoms with Crippen LogP contribution in [0.5, 0.6) is 0 Å². The molecular weight excluding hydrogens is 571 g/mol. The Hall–Kier alpha value is -3.80. The molecule has 0 saturated heterocycles. The summed E-state index contributed by atoms with van der Waals surface area (Å²) in [5, 5.41) is 0. The monoisotopic (exact) mass is 606 g/mol. The summed E-state index contributed by atoms with van der Waals surface area (Å²) >= 11 is 0.125. The molecule has 0 saturated carbocycles. The Morgan fingerprint density at radius 3 is 1.90 bits per heavy atom. The van der Waals surface area contributed by atoms with Crippen molar-refractivity contribution in [3.8, 4) is 0 Å². The van der Waals surface area contributed by atoms with Crippen LogP contribution in [0, 0.1) is 0 Å². The molecule has 2 N–H and O–H groups in total. The molecule has 0 amide bonds. The average molecular weight is 606 g/mol. The van der Waals surface area contributed by atoms with Gasteiger partial charge in [0.15, 0.2) is 0 Å². The van der Waals surface area contributed by atoms with Crippen LogP contribution in [0.15, 0.2) is 107 Å². The third-order valence-corrected chi connectivity index (χ3v) is 10.1.